The normalized spacial score (nSPS) is 11.1. The van der Waals surface area contributed by atoms with Gasteiger partial charge in [0, 0.05) is 10.7 Å². The first-order valence-corrected chi connectivity index (χ1v) is 11.8. The first kappa shape index (κ1) is 21.6. The second kappa shape index (κ2) is 8.86. The van der Waals surface area contributed by atoms with Gasteiger partial charge in [0.05, 0.1) is 17.0 Å². The minimum absolute atomic E-state index is 0.120. The topological polar surface area (TPSA) is 64.0 Å². The molecule has 0 saturated heterocycles. The molecule has 0 bridgehead atoms. The molecule has 0 aliphatic carbocycles. The van der Waals surface area contributed by atoms with Gasteiger partial charge >= 0.3 is 0 Å². The maximum Gasteiger partial charge on any atom is 0.276 e. The van der Waals surface area contributed by atoms with E-state index in [-0.39, 0.29) is 17.2 Å². The van der Waals surface area contributed by atoms with Crippen LogP contribution in [0.25, 0.3) is 15.9 Å². The number of aromatic nitrogens is 2. The van der Waals surface area contributed by atoms with E-state index in [0.29, 0.717) is 26.1 Å². The Bertz CT molecular complexity index is 1340. The predicted molar refractivity (Wildman–Crippen MR) is 130 cm³/mol. The highest BCUT2D eigenvalue weighted by molar-refractivity contribution is 7.99. The lowest BCUT2D eigenvalue weighted by Gasteiger charge is -2.14. The SMILES string of the molecule is Cc1cc(C)c(NC(=O)CSc2nc3ccsc3c(=O)n2-c2cccc(Cl)c2)c(C)c1. The smallest absolute Gasteiger partial charge is 0.276 e. The zero-order chi connectivity index (χ0) is 22.1. The van der Waals surface area contributed by atoms with Crippen molar-refractivity contribution in [3.8, 4) is 5.69 Å². The molecule has 1 N–H and O–H groups in total. The number of carbonyl (C=O) groups excluding carboxylic acids is 1. The molecule has 4 rings (SSSR count). The van der Waals surface area contributed by atoms with Crippen LogP contribution in [0.4, 0.5) is 5.69 Å². The molecule has 158 valence electrons. The highest BCUT2D eigenvalue weighted by atomic mass is 35.5. The fourth-order valence-electron chi connectivity index (χ4n) is 3.51. The molecule has 8 heteroatoms. The second-order valence-electron chi connectivity index (χ2n) is 7.26. The van der Waals surface area contributed by atoms with Crippen molar-refractivity contribution in [1.82, 2.24) is 9.55 Å². The molecule has 2 heterocycles. The molecule has 2 aromatic carbocycles. The third kappa shape index (κ3) is 4.54. The summed E-state index contributed by atoms with van der Waals surface area (Å²) < 4.78 is 2.09. The lowest BCUT2D eigenvalue weighted by atomic mass is 10.1. The first-order valence-electron chi connectivity index (χ1n) is 9.60. The molecule has 0 aliphatic heterocycles. The maximum atomic E-state index is 13.2. The molecule has 4 aromatic rings. The molecule has 5 nitrogen and oxygen atoms in total. The number of carbonyl (C=O) groups is 1. The number of thioether (sulfide) groups is 1. The minimum Gasteiger partial charge on any atom is -0.325 e. The summed E-state index contributed by atoms with van der Waals surface area (Å²) in [7, 11) is 0. The van der Waals surface area contributed by atoms with Crippen LogP contribution >= 0.6 is 34.7 Å². The van der Waals surface area contributed by atoms with Gasteiger partial charge in [0.25, 0.3) is 5.56 Å². The van der Waals surface area contributed by atoms with Crippen molar-refractivity contribution in [1.29, 1.82) is 0 Å². The summed E-state index contributed by atoms with van der Waals surface area (Å²) >= 11 is 8.72. The number of aryl methyl sites for hydroxylation is 3. The number of nitrogens with zero attached hydrogens (tertiary/aromatic N) is 2. The lowest BCUT2D eigenvalue weighted by molar-refractivity contribution is -0.113. The Balaban J connectivity index is 1.65. The Morgan fingerprint density at radius 2 is 1.90 bits per heavy atom. The molecule has 0 atom stereocenters. The van der Waals surface area contributed by atoms with Gasteiger partial charge < -0.3 is 5.32 Å². The maximum absolute atomic E-state index is 13.2. The Morgan fingerprint density at radius 3 is 2.61 bits per heavy atom. The van der Waals surface area contributed by atoms with Gasteiger partial charge in [-0.1, -0.05) is 47.1 Å². The highest BCUT2D eigenvalue weighted by Gasteiger charge is 2.16. The summed E-state index contributed by atoms with van der Waals surface area (Å²) in [5.74, 6) is -0.0348. The molecule has 31 heavy (non-hydrogen) atoms. The number of nitrogens with one attached hydrogen (secondary N) is 1. The Labute approximate surface area is 193 Å². The van der Waals surface area contributed by atoms with E-state index in [1.54, 1.807) is 24.3 Å². The average molecular weight is 470 g/mol. The fraction of sp³-hybridized carbons (Fsp3) is 0.174. The van der Waals surface area contributed by atoms with E-state index in [0.717, 1.165) is 22.4 Å². The van der Waals surface area contributed by atoms with Crippen LogP contribution in [-0.4, -0.2) is 21.2 Å². The van der Waals surface area contributed by atoms with E-state index in [1.807, 2.05) is 44.4 Å². The molecule has 0 saturated carbocycles. The number of halogens is 1. The van der Waals surface area contributed by atoms with Crippen LogP contribution in [0.15, 0.2) is 57.8 Å². The Morgan fingerprint density at radius 1 is 1.16 bits per heavy atom. The summed E-state index contributed by atoms with van der Waals surface area (Å²) in [6.07, 6.45) is 0. The third-order valence-corrected chi connectivity index (χ3v) is 6.85. The number of benzene rings is 2. The quantitative estimate of drug-likeness (QED) is 0.298. The minimum atomic E-state index is -0.171. The number of hydrogen-bond acceptors (Lipinski definition) is 5. The highest BCUT2D eigenvalue weighted by Crippen LogP contribution is 2.26. The van der Waals surface area contributed by atoms with E-state index in [1.165, 1.54) is 27.7 Å². The van der Waals surface area contributed by atoms with Gasteiger partial charge in [-0.2, -0.15) is 0 Å². The van der Waals surface area contributed by atoms with Crippen LogP contribution < -0.4 is 10.9 Å². The molecule has 2 aromatic heterocycles. The fourth-order valence-corrected chi connectivity index (χ4v) is 5.27. The van der Waals surface area contributed by atoms with Crippen molar-refractivity contribution in [2.24, 2.45) is 0 Å². The van der Waals surface area contributed by atoms with Gasteiger partial charge in [-0.05, 0) is 61.5 Å². The second-order valence-corrected chi connectivity index (χ2v) is 9.56. The number of hydrogen-bond donors (Lipinski definition) is 1. The van der Waals surface area contributed by atoms with Crippen molar-refractivity contribution < 1.29 is 4.79 Å². The van der Waals surface area contributed by atoms with Crippen LogP contribution in [0.1, 0.15) is 16.7 Å². The Kier molecular flexibility index (Phi) is 6.18. The lowest BCUT2D eigenvalue weighted by Crippen LogP contribution is -2.22. The molecular formula is C23H20ClN3O2S2. The van der Waals surface area contributed by atoms with Crippen molar-refractivity contribution >= 4 is 56.5 Å². The first-order chi connectivity index (χ1) is 14.8. The van der Waals surface area contributed by atoms with E-state index in [2.05, 4.69) is 10.3 Å². The van der Waals surface area contributed by atoms with E-state index in [9.17, 15) is 9.59 Å². The number of thiophene rings is 1. The number of fused-ring (bicyclic) bond motifs is 1. The van der Waals surface area contributed by atoms with E-state index < -0.39 is 0 Å². The standard InChI is InChI=1S/C23H20ClN3O2S2/c1-13-9-14(2)20(15(3)10-13)26-19(28)12-31-23-25-18-7-8-30-21(18)22(29)27(23)17-6-4-5-16(24)11-17/h4-11H,12H2,1-3H3,(H,26,28). The van der Waals surface area contributed by atoms with Gasteiger partial charge in [0.2, 0.25) is 5.91 Å². The zero-order valence-corrected chi connectivity index (χ0v) is 19.6. The number of amides is 1. The predicted octanol–water partition coefficient (Wildman–Crippen LogP) is 5.76. The average Bonchev–Trinajstić information content (AvgIpc) is 3.18. The molecule has 0 radical (unpaired) electrons. The molecule has 0 fully saturated rings. The van der Waals surface area contributed by atoms with Crippen LogP contribution in [-0.2, 0) is 4.79 Å². The van der Waals surface area contributed by atoms with Crippen LogP contribution in [0, 0.1) is 20.8 Å². The molecule has 0 unspecified atom stereocenters. The third-order valence-electron chi connectivity index (χ3n) is 4.79. The number of rotatable bonds is 5. The summed E-state index contributed by atoms with van der Waals surface area (Å²) in [5.41, 5.74) is 5.09. The largest absolute Gasteiger partial charge is 0.325 e. The summed E-state index contributed by atoms with van der Waals surface area (Å²) in [5, 5.41) is 5.81. The van der Waals surface area contributed by atoms with E-state index in [4.69, 9.17) is 11.6 Å². The van der Waals surface area contributed by atoms with Crippen molar-refractivity contribution in [3.63, 3.8) is 0 Å². The summed E-state index contributed by atoms with van der Waals surface area (Å²) in [4.78, 5) is 30.5. The zero-order valence-electron chi connectivity index (χ0n) is 17.2. The van der Waals surface area contributed by atoms with Crippen LogP contribution in [0.5, 0.6) is 0 Å². The Hall–Kier alpha value is -2.61. The van der Waals surface area contributed by atoms with Gasteiger partial charge in [0.1, 0.15) is 4.70 Å². The van der Waals surface area contributed by atoms with E-state index >= 15 is 0 Å². The molecule has 0 spiro atoms. The molecule has 0 aliphatic rings. The van der Waals surface area contributed by atoms with Gasteiger partial charge in [0.15, 0.2) is 5.16 Å². The van der Waals surface area contributed by atoms with Crippen LogP contribution in [0.3, 0.4) is 0 Å². The summed E-state index contributed by atoms with van der Waals surface area (Å²) in [6, 6.07) is 12.9. The van der Waals surface area contributed by atoms with Gasteiger partial charge in [-0.15, -0.1) is 11.3 Å². The van der Waals surface area contributed by atoms with Crippen LogP contribution in [0.2, 0.25) is 5.02 Å². The monoisotopic (exact) mass is 469 g/mol. The van der Waals surface area contributed by atoms with Crippen molar-refractivity contribution in [2.45, 2.75) is 25.9 Å². The van der Waals surface area contributed by atoms with Crippen molar-refractivity contribution in [2.75, 3.05) is 11.1 Å². The van der Waals surface area contributed by atoms with Gasteiger partial charge in [-0.3, -0.25) is 14.2 Å². The summed E-state index contributed by atoms with van der Waals surface area (Å²) in [6.45, 7) is 5.99. The van der Waals surface area contributed by atoms with Crippen molar-refractivity contribution in [3.05, 3.63) is 79.9 Å². The molecular weight excluding hydrogens is 450 g/mol. The van der Waals surface area contributed by atoms with Gasteiger partial charge in [-0.25, -0.2) is 4.98 Å². The molecule has 1 amide bonds. The number of anilines is 1.